The summed E-state index contributed by atoms with van der Waals surface area (Å²) in [5.74, 6) is 1.43. The number of hydrogen-bond donors (Lipinski definition) is 1. The van der Waals surface area contributed by atoms with Gasteiger partial charge < -0.3 is 14.8 Å². The quantitative estimate of drug-likeness (QED) is 0.904. The molecule has 20 heavy (non-hydrogen) atoms. The Morgan fingerprint density at radius 2 is 2.00 bits per heavy atom. The van der Waals surface area contributed by atoms with Crippen LogP contribution in [0.25, 0.3) is 0 Å². The minimum Gasteiger partial charge on any atom is -0.454 e. The van der Waals surface area contributed by atoms with E-state index < -0.39 is 0 Å². The van der Waals surface area contributed by atoms with Crippen molar-refractivity contribution in [2.75, 3.05) is 12.1 Å². The molecule has 3 nitrogen and oxygen atoms in total. The molecule has 1 aliphatic heterocycles. The van der Waals surface area contributed by atoms with Gasteiger partial charge in [-0.05, 0) is 42.2 Å². The molecular formula is C16H14FNO2. The molecule has 0 spiro atoms. The molecule has 0 amide bonds. The van der Waals surface area contributed by atoms with Crippen LogP contribution in [0, 0.1) is 5.82 Å². The van der Waals surface area contributed by atoms with Gasteiger partial charge in [-0.1, -0.05) is 12.1 Å². The number of fused-ring (bicyclic) bond motifs is 2. The second kappa shape index (κ2) is 4.40. The second-order valence-electron chi connectivity index (χ2n) is 5.11. The highest BCUT2D eigenvalue weighted by atomic mass is 19.1. The van der Waals surface area contributed by atoms with E-state index in [1.165, 1.54) is 6.07 Å². The Labute approximate surface area is 116 Å². The zero-order valence-corrected chi connectivity index (χ0v) is 10.9. The fourth-order valence-electron chi connectivity index (χ4n) is 2.95. The standard InChI is InChI=1S/C16H14FNO2/c17-13-3-1-2-12-11(13)5-6-14(12)18-10-4-7-15-16(8-10)20-9-19-15/h1-4,7-8,14,18H,5-6,9H2. The van der Waals surface area contributed by atoms with Gasteiger partial charge in [-0.25, -0.2) is 4.39 Å². The third-order valence-corrected chi connectivity index (χ3v) is 3.93. The smallest absolute Gasteiger partial charge is 0.231 e. The van der Waals surface area contributed by atoms with Crippen LogP contribution in [0.3, 0.4) is 0 Å². The molecular weight excluding hydrogens is 257 g/mol. The van der Waals surface area contributed by atoms with E-state index in [0.717, 1.165) is 41.2 Å². The average Bonchev–Trinajstić information content (AvgIpc) is 3.06. The Balaban J connectivity index is 1.61. The zero-order valence-electron chi connectivity index (χ0n) is 10.9. The Kier molecular flexibility index (Phi) is 2.55. The topological polar surface area (TPSA) is 30.5 Å². The number of hydrogen-bond acceptors (Lipinski definition) is 3. The summed E-state index contributed by atoms with van der Waals surface area (Å²) in [7, 11) is 0. The van der Waals surface area contributed by atoms with Crippen molar-refractivity contribution in [1.82, 2.24) is 0 Å². The molecule has 0 radical (unpaired) electrons. The van der Waals surface area contributed by atoms with Gasteiger partial charge in [-0.3, -0.25) is 0 Å². The summed E-state index contributed by atoms with van der Waals surface area (Å²) in [6.45, 7) is 0.274. The number of anilines is 1. The summed E-state index contributed by atoms with van der Waals surface area (Å²) >= 11 is 0. The van der Waals surface area contributed by atoms with E-state index in [1.807, 2.05) is 24.3 Å². The van der Waals surface area contributed by atoms with Crippen LogP contribution >= 0.6 is 0 Å². The van der Waals surface area contributed by atoms with Crippen molar-refractivity contribution in [3.63, 3.8) is 0 Å². The monoisotopic (exact) mass is 271 g/mol. The lowest BCUT2D eigenvalue weighted by Gasteiger charge is -2.16. The van der Waals surface area contributed by atoms with E-state index in [4.69, 9.17) is 9.47 Å². The first kappa shape index (κ1) is 11.6. The highest BCUT2D eigenvalue weighted by Crippen LogP contribution is 2.38. The fourth-order valence-corrected chi connectivity index (χ4v) is 2.95. The molecule has 1 unspecified atom stereocenters. The Morgan fingerprint density at radius 1 is 1.10 bits per heavy atom. The average molecular weight is 271 g/mol. The maximum atomic E-state index is 13.7. The third-order valence-electron chi connectivity index (χ3n) is 3.93. The molecule has 0 bridgehead atoms. The van der Waals surface area contributed by atoms with Crippen LogP contribution in [0.5, 0.6) is 11.5 Å². The maximum absolute atomic E-state index is 13.7. The lowest BCUT2D eigenvalue weighted by molar-refractivity contribution is 0.174. The van der Waals surface area contributed by atoms with Gasteiger partial charge in [0.25, 0.3) is 0 Å². The molecule has 1 N–H and O–H groups in total. The molecule has 102 valence electrons. The van der Waals surface area contributed by atoms with E-state index in [-0.39, 0.29) is 18.7 Å². The number of nitrogens with one attached hydrogen (secondary N) is 1. The van der Waals surface area contributed by atoms with Crippen molar-refractivity contribution >= 4 is 5.69 Å². The van der Waals surface area contributed by atoms with E-state index >= 15 is 0 Å². The van der Waals surface area contributed by atoms with Crippen LogP contribution in [-0.4, -0.2) is 6.79 Å². The van der Waals surface area contributed by atoms with E-state index in [9.17, 15) is 4.39 Å². The van der Waals surface area contributed by atoms with Crippen LogP contribution in [0.2, 0.25) is 0 Å². The zero-order chi connectivity index (χ0) is 13.5. The molecule has 2 aromatic rings. The molecule has 0 saturated carbocycles. The van der Waals surface area contributed by atoms with Crippen LogP contribution in [-0.2, 0) is 6.42 Å². The third kappa shape index (κ3) is 1.80. The summed E-state index contributed by atoms with van der Waals surface area (Å²) in [5.41, 5.74) is 2.87. The normalized spacial score (nSPS) is 18.9. The van der Waals surface area contributed by atoms with E-state index in [0.29, 0.717) is 0 Å². The van der Waals surface area contributed by atoms with Gasteiger partial charge >= 0.3 is 0 Å². The highest BCUT2D eigenvalue weighted by Gasteiger charge is 2.25. The molecule has 2 aromatic carbocycles. The first-order valence-electron chi connectivity index (χ1n) is 6.75. The second-order valence-corrected chi connectivity index (χ2v) is 5.11. The summed E-state index contributed by atoms with van der Waals surface area (Å²) in [5, 5.41) is 3.45. The summed E-state index contributed by atoms with van der Waals surface area (Å²) < 4.78 is 24.4. The van der Waals surface area contributed by atoms with E-state index in [2.05, 4.69) is 5.32 Å². The first-order valence-corrected chi connectivity index (χ1v) is 6.75. The van der Waals surface area contributed by atoms with Crippen molar-refractivity contribution in [2.24, 2.45) is 0 Å². The van der Waals surface area contributed by atoms with Gasteiger partial charge in [0.15, 0.2) is 11.5 Å². The van der Waals surface area contributed by atoms with Gasteiger partial charge in [0, 0.05) is 11.8 Å². The molecule has 2 aliphatic rings. The molecule has 4 heteroatoms. The molecule has 1 atom stereocenters. The molecule has 0 aromatic heterocycles. The number of benzene rings is 2. The summed E-state index contributed by atoms with van der Waals surface area (Å²) in [4.78, 5) is 0. The molecule has 1 heterocycles. The summed E-state index contributed by atoms with van der Waals surface area (Å²) in [6.07, 6.45) is 1.69. The Bertz CT molecular complexity index is 672. The fraction of sp³-hybridized carbons (Fsp3) is 0.250. The Morgan fingerprint density at radius 3 is 2.95 bits per heavy atom. The first-order chi connectivity index (χ1) is 9.81. The van der Waals surface area contributed by atoms with Crippen LogP contribution in [0.15, 0.2) is 36.4 Å². The van der Waals surface area contributed by atoms with Crippen LogP contribution < -0.4 is 14.8 Å². The largest absolute Gasteiger partial charge is 0.454 e. The molecule has 0 fully saturated rings. The summed E-state index contributed by atoms with van der Waals surface area (Å²) in [6, 6.07) is 11.2. The Hall–Kier alpha value is -2.23. The van der Waals surface area contributed by atoms with Gasteiger partial charge in [0.2, 0.25) is 6.79 Å². The predicted molar refractivity (Wildman–Crippen MR) is 73.6 cm³/mol. The van der Waals surface area contributed by atoms with Crippen LogP contribution in [0.1, 0.15) is 23.6 Å². The number of rotatable bonds is 2. The van der Waals surface area contributed by atoms with Crippen molar-refractivity contribution in [1.29, 1.82) is 0 Å². The van der Waals surface area contributed by atoms with E-state index in [1.54, 1.807) is 6.07 Å². The SMILES string of the molecule is Fc1cccc2c1CCC2Nc1ccc2c(c1)OCO2. The predicted octanol–water partition coefficient (Wildman–Crippen LogP) is 3.65. The van der Waals surface area contributed by atoms with Gasteiger partial charge in [0.05, 0.1) is 6.04 Å². The van der Waals surface area contributed by atoms with Gasteiger partial charge in [-0.15, -0.1) is 0 Å². The van der Waals surface area contributed by atoms with Crippen molar-refractivity contribution < 1.29 is 13.9 Å². The number of halogens is 1. The minimum atomic E-state index is -0.0995. The lowest BCUT2D eigenvalue weighted by Crippen LogP contribution is -2.07. The lowest BCUT2D eigenvalue weighted by atomic mass is 10.1. The maximum Gasteiger partial charge on any atom is 0.231 e. The van der Waals surface area contributed by atoms with Crippen LogP contribution in [0.4, 0.5) is 10.1 Å². The molecule has 4 rings (SSSR count). The van der Waals surface area contributed by atoms with Crippen molar-refractivity contribution in [3.05, 3.63) is 53.3 Å². The van der Waals surface area contributed by atoms with Crippen molar-refractivity contribution in [3.8, 4) is 11.5 Å². The molecule has 1 aliphatic carbocycles. The molecule has 0 saturated heterocycles. The van der Waals surface area contributed by atoms with Crippen molar-refractivity contribution in [2.45, 2.75) is 18.9 Å². The van der Waals surface area contributed by atoms with Gasteiger partial charge in [0.1, 0.15) is 5.82 Å². The minimum absolute atomic E-state index is 0.0995. The van der Waals surface area contributed by atoms with Gasteiger partial charge in [-0.2, -0.15) is 0 Å². The highest BCUT2D eigenvalue weighted by molar-refractivity contribution is 5.57. The number of ether oxygens (including phenoxy) is 2.